The Bertz CT molecular complexity index is 623. The largest absolute Gasteiger partial charge is 0.338 e. The van der Waals surface area contributed by atoms with Crippen LogP contribution in [0.1, 0.15) is 31.4 Å². The number of aromatic nitrogens is 3. The lowest BCUT2D eigenvalue weighted by atomic mass is 10.3. The normalized spacial score (nSPS) is 14.4. The van der Waals surface area contributed by atoms with E-state index >= 15 is 0 Å². The first kappa shape index (κ1) is 11.8. The summed E-state index contributed by atoms with van der Waals surface area (Å²) in [5.74, 6) is 1.03. The number of urea groups is 1. The van der Waals surface area contributed by atoms with E-state index in [2.05, 4.69) is 25.6 Å². The molecule has 1 saturated carbocycles. The third-order valence-electron chi connectivity index (χ3n) is 3.00. The summed E-state index contributed by atoms with van der Waals surface area (Å²) < 4.78 is 0. The van der Waals surface area contributed by atoms with Crippen LogP contribution in [0.2, 0.25) is 0 Å². The van der Waals surface area contributed by atoms with Gasteiger partial charge in [-0.2, -0.15) is 0 Å². The molecule has 1 fully saturated rings. The number of rotatable bonds is 3. The lowest BCUT2D eigenvalue weighted by Crippen LogP contribution is -2.28. The van der Waals surface area contributed by atoms with Crippen LogP contribution in [0.3, 0.4) is 0 Å². The molecule has 19 heavy (non-hydrogen) atoms. The smallest absolute Gasteiger partial charge is 0.320 e. The Labute approximate surface area is 110 Å². The first-order valence-corrected chi connectivity index (χ1v) is 6.45. The van der Waals surface area contributed by atoms with Crippen molar-refractivity contribution in [1.29, 1.82) is 0 Å². The zero-order valence-corrected chi connectivity index (χ0v) is 10.7. The fourth-order valence-corrected chi connectivity index (χ4v) is 1.88. The number of carbonyl (C=O) groups is 1. The molecule has 0 radical (unpaired) electrons. The third kappa shape index (κ3) is 2.62. The Morgan fingerprint density at radius 3 is 2.95 bits per heavy atom. The molecule has 0 unspecified atom stereocenters. The Kier molecular flexibility index (Phi) is 2.98. The summed E-state index contributed by atoms with van der Waals surface area (Å²) in [6.07, 6.45) is 4.17. The van der Waals surface area contributed by atoms with E-state index in [1.807, 2.05) is 19.2 Å². The highest BCUT2D eigenvalue weighted by Crippen LogP contribution is 2.38. The standard InChI is InChI=1S/C13H15N5O/c1-2-14-13(19)18-11-6-5-9-12(17-11)16-10(7-15-9)8-3-4-8/h5-8H,2-4H2,1H3,(H2,14,16,17,18,19). The average molecular weight is 257 g/mol. The van der Waals surface area contributed by atoms with Gasteiger partial charge >= 0.3 is 6.03 Å². The van der Waals surface area contributed by atoms with Gasteiger partial charge in [-0.3, -0.25) is 10.3 Å². The monoisotopic (exact) mass is 257 g/mol. The molecule has 98 valence electrons. The van der Waals surface area contributed by atoms with Gasteiger partial charge in [0, 0.05) is 18.7 Å². The minimum atomic E-state index is -0.263. The molecular formula is C13H15N5O. The summed E-state index contributed by atoms with van der Waals surface area (Å²) in [5.41, 5.74) is 2.32. The van der Waals surface area contributed by atoms with Crippen molar-refractivity contribution in [2.24, 2.45) is 0 Å². The van der Waals surface area contributed by atoms with Crippen LogP contribution in [0.15, 0.2) is 18.3 Å². The number of hydrogen-bond donors (Lipinski definition) is 2. The van der Waals surface area contributed by atoms with Gasteiger partial charge in [0.1, 0.15) is 11.3 Å². The fraction of sp³-hybridized carbons (Fsp3) is 0.385. The molecule has 1 aliphatic rings. The Morgan fingerprint density at radius 1 is 1.37 bits per heavy atom. The van der Waals surface area contributed by atoms with Crippen molar-refractivity contribution in [1.82, 2.24) is 20.3 Å². The number of amides is 2. The molecule has 2 heterocycles. The summed E-state index contributed by atoms with van der Waals surface area (Å²) >= 11 is 0. The second-order valence-electron chi connectivity index (χ2n) is 4.59. The van der Waals surface area contributed by atoms with E-state index in [-0.39, 0.29) is 6.03 Å². The molecule has 2 aromatic rings. The van der Waals surface area contributed by atoms with E-state index in [1.165, 1.54) is 12.8 Å². The van der Waals surface area contributed by atoms with Crippen LogP contribution in [0.5, 0.6) is 0 Å². The van der Waals surface area contributed by atoms with Gasteiger partial charge in [0.2, 0.25) is 0 Å². The summed E-state index contributed by atoms with van der Waals surface area (Å²) in [5, 5.41) is 5.33. The summed E-state index contributed by atoms with van der Waals surface area (Å²) in [6.45, 7) is 2.44. The molecule has 2 aromatic heterocycles. The van der Waals surface area contributed by atoms with Crippen LogP contribution < -0.4 is 10.6 Å². The molecule has 3 rings (SSSR count). The van der Waals surface area contributed by atoms with Crippen LogP contribution in [0, 0.1) is 0 Å². The van der Waals surface area contributed by atoms with Crippen LogP contribution in [0.4, 0.5) is 10.6 Å². The highest BCUT2D eigenvalue weighted by molar-refractivity contribution is 5.89. The van der Waals surface area contributed by atoms with Gasteiger partial charge in [0.25, 0.3) is 0 Å². The molecule has 0 spiro atoms. The Balaban J connectivity index is 1.87. The number of nitrogens with zero attached hydrogens (tertiary/aromatic N) is 3. The van der Waals surface area contributed by atoms with Crippen molar-refractivity contribution < 1.29 is 4.79 Å². The SMILES string of the molecule is CCNC(=O)Nc1ccc2ncc(C3CC3)nc2n1. The van der Waals surface area contributed by atoms with Crippen molar-refractivity contribution in [2.45, 2.75) is 25.7 Å². The minimum absolute atomic E-state index is 0.263. The first-order valence-electron chi connectivity index (χ1n) is 6.45. The zero-order chi connectivity index (χ0) is 13.2. The maximum absolute atomic E-state index is 11.4. The number of carbonyl (C=O) groups excluding carboxylic acids is 1. The van der Waals surface area contributed by atoms with Crippen LogP contribution >= 0.6 is 0 Å². The maximum atomic E-state index is 11.4. The van der Waals surface area contributed by atoms with Gasteiger partial charge in [-0.15, -0.1) is 0 Å². The van der Waals surface area contributed by atoms with E-state index in [4.69, 9.17) is 0 Å². The van der Waals surface area contributed by atoms with Gasteiger partial charge in [-0.05, 0) is 31.9 Å². The molecule has 0 atom stereocenters. The van der Waals surface area contributed by atoms with Gasteiger partial charge in [0.05, 0.1) is 5.69 Å². The molecule has 0 bridgehead atoms. The van der Waals surface area contributed by atoms with Crippen molar-refractivity contribution in [3.05, 3.63) is 24.0 Å². The number of nitrogens with one attached hydrogen (secondary N) is 2. The van der Waals surface area contributed by atoms with E-state index in [1.54, 1.807) is 6.07 Å². The maximum Gasteiger partial charge on any atom is 0.320 e. The van der Waals surface area contributed by atoms with Crippen LogP contribution in [0.25, 0.3) is 11.2 Å². The predicted octanol–water partition coefficient (Wildman–Crippen LogP) is 2.04. The van der Waals surface area contributed by atoms with Crippen molar-refractivity contribution in [3.8, 4) is 0 Å². The van der Waals surface area contributed by atoms with E-state index in [0.29, 0.717) is 23.9 Å². The molecule has 0 saturated heterocycles. The van der Waals surface area contributed by atoms with Crippen molar-refractivity contribution in [3.63, 3.8) is 0 Å². The quantitative estimate of drug-likeness (QED) is 0.881. The van der Waals surface area contributed by atoms with Gasteiger partial charge in [-0.25, -0.2) is 14.8 Å². The van der Waals surface area contributed by atoms with Crippen molar-refractivity contribution >= 4 is 23.0 Å². The number of fused-ring (bicyclic) bond motifs is 1. The topological polar surface area (TPSA) is 79.8 Å². The van der Waals surface area contributed by atoms with E-state index in [9.17, 15) is 4.79 Å². The Hall–Kier alpha value is -2.24. The van der Waals surface area contributed by atoms with Crippen LogP contribution in [-0.4, -0.2) is 27.5 Å². The third-order valence-corrected chi connectivity index (χ3v) is 3.00. The number of anilines is 1. The lowest BCUT2D eigenvalue weighted by Gasteiger charge is -2.06. The highest BCUT2D eigenvalue weighted by atomic mass is 16.2. The molecule has 0 aliphatic heterocycles. The number of pyridine rings is 1. The molecule has 0 aromatic carbocycles. The first-order chi connectivity index (χ1) is 9.26. The summed E-state index contributed by atoms with van der Waals surface area (Å²) in [7, 11) is 0. The fourth-order valence-electron chi connectivity index (χ4n) is 1.88. The van der Waals surface area contributed by atoms with Gasteiger partial charge in [0.15, 0.2) is 5.65 Å². The summed E-state index contributed by atoms with van der Waals surface area (Å²) in [4.78, 5) is 24.6. The molecule has 6 nitrogen and oxygen atoms in total. The lowest BCUT2D eigenvalue weighted by molar-refractivity contribution is 0.252. The molecule has 2 N–H and O–H groups in total. The van der Waals surface area contributed by atoms with Crippen molar-refractivity contribution in [2.75, 3.05) is 11.9 Å². The van der Waals surface area contributed by atoms with E-state index < -0.39 is 0 Å². The molecule has 2 amide bonds. The average Bonchev–Trinajstić information content (AvgIpc) is 3.22. The van der Waals surface area contributed by atoms with E-state index in [0.717, 1.165) is 11.2 Å². The molecular weight excluding hydrogens is 242 g/mol. The zero-order valence-electron chi connectivity index (χ0n) is 10.7. The molecule has 6 heteroatoms. The predicted molar refractivity (Wildman–Crippen MR) is 72.0 cm³/mol. The van der Waals surface area contributed by atoms with Crippen LogP contribution in [-0.2, 0) is 0 Å². The van der Waals surface area contributed by atoms with Gasteiger partial charge < -0.3 is 5.32 Å². The van der Waals surface area contributed by atoms with Gasteiger partial charge in [-0.1, -0.05) is 0 Å². The second kappa shape index (κ2) is 4.79. The highest BCUT2D eigenvalue weighted by Gasteiger charge is 2.25. The Morgan fingerprint density at radius 2 is 2.21 bits per heavy atom. The molecule has 1 aliphatic carbocycles. The minimum Gasteiger partial charge on any atom is -0.338 e. The second-order valence-corrected chi connectivity index (χ2v) is 4.59. The number of hydrogen-bond acceptors (Lipinski definition) is 4. The summed E-state index contributed by atoms with van der Waals surface area (Å²) in [6, 6.07) is 3.28.